The summed E-state index contributed by atoms with van der Waals surface area (Å²) in [5, 5.41) is 3.24. The second-order valence-corrected chi connectivity index (χ2v) is 14.7. The van der Waals surface area contributed by atoms with Crippen molar-refractivity contribution in [2.75, 3.05) is 4.90 Å². The van der Waals surface area contributed by atoms with Crippen molar-refractivity contribution in [1.29, 1.82) is 0 Å². The number of halogens is 2. The van der Waals surface area contributed by atoms with Gasteiger partial charge >= 0.3 is 13.3 Å². The molecular weight excluding hydrogens is 633 g/mol. The third kappa shape index (κ3) is 6.75. The number of ketones is 1. The van der Waals surface area contributed by atoms with Gasteiger partial charge in [-0.25, -0.2) is 0 Å². The van der Waals surface area contributed by atoms with E-state index in [2.05, 4.69) is 10.3 Å². The summed E-state index contributed by atoms with van der Waals surface area (Å²) in [5.74, 6) is -2.19. The fourth-order valence-electron chi connectivity index (χ4n) is 6.57. The van der Waals surface area contributed by atoms with Crippen LogP contribution in [0.2, 0.25) is 0 Å². The first-order chi connectivity index (χ1) is 22.0. The lowest BCUT2D eigenvalue weighted by Gasteiger charge is -2.32. The van der Waals surface area contributed by atoms with Crippen LogP contribution in [0.25, 0.3) is 10.9 Å². The van der Waals surface area contributed by atoms with Crippen LogP contribution < -0.4 is 16.0 Å². The van der Waals surface area contributed by atoms with E-state index in [4.69, 9.17) is 15.5 Å². The molecule has 2 aliphatic heterocycles. The summed E-state index contributed by atoms with van der Waals surface area (Å²) in [7, 11) is -5.78. The molecule has 0 unspecified atom stereocenters. The normalized spacial score (nSPS) is 19.4. The monoisotopic (exact) mass is 672 g/mol. The number of hydrogen-bond donors (Lipinski definition) is 5. The quantitative estimate of drug-likeness (QED) is 0.138. The summed E-state index contributed by atoms with van der Waals surface area (Å²) < 4.78 is 40.0. The number of alkyl halides is 2. The average molecular weight is 673 g/mol. The number of para-hydroxylation sites is 1. The van der Waals surface area contributed by atoms with E-state index in [-0.39, 0.29) is 53.6 Å². The summed E-state index contributed by atoms with van der Waals surface area (Å²) in [6, 6.07) is 8.80. The first-order valence-electron chi connectivity index (χ1n) is 15.6. The second kappa shape index (κ2) is 12.9. The van der Waals surface area contributed by atoms with Crippen LogP contribution in [-0.4, -0.2) is 50.4 Å². The molecule has 2 aliphatic rings. The molecule has 252 valence electrons. The van der Waals surface area contributed by atoms with Gasteiger partial charge in [0.2, 0.25) is 17.7 Å². The van der Waals surface area contributed by atoms with Crippen LogP contribution in [0.5, 0.6) is 0 Å². The summed E-state index contributed by atoms with van der Waals surface area (Å²) in [6.45, 7) is 6.04. The molecule has 0 saturated carbocycles. The zero-order chi connectivity index (χ0) is 34.4. The Labute approximate surface area is 270 Å². The molecular formula is C33H39F2N4O7P. The highest BCUT2D eigenvalue weighted by atomic mass is 31.2. The van der Waals surface area contributed by atoms with Gasteiger partial charge in [0.25, 0.3) is 0 Å². The number of carbonyl (C=O) groups is 4. The Hall–Kier alpha value is -3.93. The third-order valence-electron chi connectivity index (χ3n) is 9.60. The molecule has 4 atom stereocenters. The number of Topliss-reactive ketones (excluding diaryl/α,β-unsaturated/α-hetero) is 1. The Kier molecular flexibility index (Phi) is 9.47. The minimum atomic E-state index is -5.78. The highest BCUT2D eigenvalue weighted by Gasteiger charge is 2.50. The molecule has 6 N–H and O–H groups in total. The van der Waals surface area contributed by atoms with E-state index >= 15 is 0 Å². The average Bonchev–Trinajstić information content (AvgIpc) is 3.58. The molecule has 0 fully saturated rings. The van der Waals surface area contributed by atoms with Gasteiger partial charge in [0.15, 0.2) is 5.78 Å². The SMILES string of the molecule is CC(C)[C@H](C)[C@H](CCC(N)=O)NC(=O)[C@@H]1Cc2cccc3c2N1C(=O)[C@@H](CC(=O)c1cc2cc(C(F)(F)P(=O)(O)O)ccc2[nH]1)CC3. The number of aryl methyl sites for hydroxylation is 1. The van der Waals surface area contributed by atoms with E-state index in [0.717, 1.165) is 23.3 Å². The number of rotatable bonds is 12. The van der Waals surface area contributed by atoms with Crippen LogP contribution in [0, 0.1) is 17.8 Å². The molecule has 0 spiro atoms. The lowest BCUT2D eigenvalue weighted by Crippen LogP contribution is -2.53. The van der Waals surface area contributed by atoms with E-state index in [1.807, 2.05) is 39.0 Å². The maximum absolute atomic E-state index is 14.3. The van der Waals surface area contributed by atoms with Gasteiger partial charge in [-0.1, -0.05) is 45.0 Å². The molecule has 1 aromatic heterocycles. The van der Waals surface area contributed by atoms with E-state index < -0.39 is 42.5 Å². The Morgan fingerprint density at radius 3 is 2.49 bits per heavy atom. The Bertz CT molecular complexity index is 1790. The zero-order valence-electron chi connectivity index (χ0n) is 26.3. The number of nitrogens with two attached hydrogens (primary N) is 1. The molecule has 2 aromatic carbocycles. The van der Waals surface area contributed by atoms with Crippen molar-refractivity contribution in [1.82, 2.24) is 10.3 Å². The largest absolute Gasteiger partial charge is 0.399 e. The predicted octanol–water partition coefficient (Wildman–Crippen LogP) is 4.53. The lowest BCUT2D eigenvalue weighted by atomic mass is 9.87. The summed E-state index contributed by atoms with van der Waals surface area (Å²) in [4.78, 5) is 75.7. The molecule has 0 saturated heterocycles. The molecule has 47 heavy (non-hydrogen) atoms. The Morgan fingerprint density at radius 1 is 1.13 bits per heavy atom. The summed E-state index contributed by atoms with van der Waals surface area (Å²) in [6.07, 6.45) is 1.39. The number of H-pyrrole nitrogens is 1. The minimum Gasteiger partial charge on any atom is -0.370 e. The fraction of sp³-hybridized carbons (Fsp3) is 0.455. The van der Waals surface area contributed by atoms with Gasteiger partial charge in [-0.3, -0.25) is 28.6 Å². The van der Waals surface area contributed by atoms with Crippen LogP contribution in [0.3, 0.4) is 0 Å². The standard InChI is InChI=1S/C33H39F2N4O7P/c1-17(2)18(3)24(11-12-29(36)41)38-31(42)27-15-20-6-4-5-19-7-8-21(32(43)39(27)30(19)20)16-28(40)26-14-22-13-23(9-10-25(22)37-26)33(34,35)47(44,45)46/h4-6,9-10,13-14,17-18,21,24,27,37H,7-8,11-12,15-16H2,1-3H3,(H2,36,41)(H,38,42)(H2,44,45,46)/t18-,21+,24-,27-/m0/s1. The van der Waals surface area contributed by atoms with Crippen molar-refractivity contribution in [2.45, 2.75) is 77.0 Å². The number of hydrogen-bond acceptors (Lipinski definition) is 5. The van der Waals surface area contributed by atoms with Crippen LogP contribution in [0.4, 0.5) is 14.5 Å². The highest BCUT2D eigenvalue weighted by molar-refractivity contribution is 7.52. The first-order valence-corrected chi connectivity index (χ1v) is 17.2. The van der Waals surface area contributed by atoms with Crippen molar-refractivity contribution in [3.8, 4) is 0 Å². The zero-order valence-corrected chi connectivity index (χ0v) is 27.2. The molecule has 3 amide bonds. The molecule has 3 aromatic rings. The van der Waals surface area contributed by atoms with Crippen molar-refractivity contribution in [2.24, 2.45) is 23.5 Å². The minimum absolute atomic E-state index is 0.0262. The first kappa shape index (κ1) is 34.4. The van der Waals surface area contributed by atoms with Crippen LogP contribution in [-0.2, 0) is 37.5 Å². The van der Waals surface area contributed by atoms with Crippen molar-refractivity contribution in [3.05, 3.63) is 64.8 Å². The van der Waals surface area contributed by atoms with Gasteiger partial charge < -0.3 is 25.8 Å². The topological polar surface area (TPSA) is 183 Å². The summed E-state index contributed by atoms with van der Waals surface area (Å²) in [5.41, 5.74) is 2.90. The molecule has 0 bridgehead atoms. The maximum Gasteiger partial charge on any atom is 0.399 e. The third-order valence-corrected chi connectivity index (χ3v) is 10.6. The number of benzene rings is 2. The number of fused-ring (bicyclic) bond motifs is 1. The van der Waals surface area contributed by atoms with Gasteiger partial charge in [-0.2, -0.15) is 8.78 Å². The molecule has 0 aliphatic carbocycles. The van der Waals surface area contributed by atoms with Crippen molar-refractivity contribution >= 4 is 47.7 Å². The number of amides is 3. The van der Waals surface area contributed by atoms with Gasteiger partial charge in [0.1, 0.15) is 6.04 Å². The van der Waals surface area contributed by atoms with Crippen LogP contribution >= 0.6 is 7.60 Å². The maximum atomic E-state index is 14.3. The number of aromatic nitrogens is 1. The Morgan fingerprint density at radius 2 is 1.83 bits per heavy atom. The van der Waals surface area contributed by atoms with E-state index in [9.17, 15) is 32.5 Å². The molecule has 5 rings (SSSR count). The van der Waals surface area contributed by atoms with Crippen LogP contribution in [0.15, 0.2) is 42.5 Å². The number of aromatic amines is 1. The number of nitrogens with zero attached hydrogens (tertiary/aromatic N) is 1. The molecule has 11 nitrogen and oxygen atoms in total. The number of nitrogens with one attached hydrogen (secondary N) is 2. The fourth-order valence-corrected chi connectivity index (χ4v) is 7.04. The lowest BCUT2D eigenvalue weighted by molar-refractivity contribution is -0.128. The summed E-state index contributed by atoms with van der Waals surface area (Å²) >= 11 is 0. The predicted molar refractivity (Wildman–Crippen MR) is 171 cm³/mol. The van der Waals surface area contributed by atoms with Crippen molar-refractivity contribution < 1.29 is 42.3 Å². The Balaban J connectivity index is 1.39. The van der Waals surface area contributed by atoms with Gasteiger partial charge in [-0.15, -0.1) is 0 Å². The van der Waals surface area contributed by atoms with Crippen LogP contribution in [0.1, 0.15) is 73.6 Å². The molecule has 0 radical (unpaired) electrons. The smallest absolute Gasteiger partial charge is 0.370 e. The number of primary amides is 1. The van der Waals surface area contributed by atoms with Gasteiger partial charge in [0.05, 0.1) is 11.4 Å². The van der Waals surface area contributed by atoms with E-state index in [1.54, 1.807) is 0 Å². The molecule has 3 heterocycles. The van der Waals surface area contributed by atoms with E-state index in [1.165, 1.54) is 17.0 Å². The highest BCUT2D eigenvalue weighted by Crippen LogP contribution is 2.59. The number of anilines is 1. The number of carbonyl (C=O) groups excluding carboxylic acids is 4. The van der Waals surface area contributed by atoms with Gasteiger partial charge in [0, 0.05) is 47.7 Å². The molecule has 14 heteroatoms. The second-order valence-electron chi connectivity index (χ2n) is 13.0. The van der Waals surface area contributed by atoms with Gasteiger partial charge in [-0.05, 0) is 60.4 Å². The van der Waals surface area contributed by atoms with E-state index in [0.29, 0.717) is 36.9 Å². The van der Waals surface area contributed by atoms with Crippen molar-refractivity contribution in [3.63, 3.8) is 0 Å².